The van der Waals surface area contributed by atoms with Crippen LogP contribution in [0.3, 0.4) is 0 Å². The van der Waals surface area contributed by atoms with E-state index in [9.17, 15) is 9.59 Å². The molecule has 2 amide bonds. The Hall–Kier alpha value is -2.42. The first-order valence-corrected chi connectivity index (χ1v) is 9.03. The number of hydrogen-bond acceptors (Lipinski definition) is 7. The molecule has 140 valence electrons. The zero-order chi connectivity index (χ0) is 18.3. The molecule has 4 rings (SSSR count). The Morgan fingerprint density at radius 3 is 2.69 bits per heavy atom. The van der Waals surface area contributed by atoms with Gasteiger partial charge in [0, 0.05) is 52.0 Å². The van der Waals surface area contributed by atoms with E-state index in [1.165, 1.54) is 0 Å². The first-order valence-electron chi connectivity index (χ1n) is 9.03. The number of hydrogen-bond donors (Lipinski definition) is 0. The standard InChI is InChI=1S/C17H24N6O3/c1-12-14(9-18-16(19-12)21-5-3-20(2)4-6-21)15(24)22-7-8-23-13(10-22)11-26-17(23)25/h9,13H,3-8,10-11H2,1-2H3. The summed E-state index contributed by atoms with van der Waals surface area (Å²) in [4.78, 5) is 41.4. The maximum absolute atomic E-state index is 12.9. The zero-order valence-electron chi connectivity index (χ0n) is 15.2. The molecule has 3 aliphatic heterocycles. The highest BCUT2D eigenvalue weighted by Gasteiger charge is 2.39. The van der Waals surface area contributed by atoms with Crippen molar-refractivity contribution in [3.63, 3.8) is 0 Å². The lowest BCUT2D eigenvalue weighted by molar-refractivity contribution is 0.0615. The van der Waals surface area contributed by atoms with Crippen LogP contribution in [0.2, 0.25) is 0 Å². The third-order valence-electron chi connectivity index (χ3n) is 5.39. The average Bonchev–Trinajstić information content (AvgIpc) is 3.02. The molecule has 0 spiro atoms. The number of anilines is 1. The lowest BCUT2D eigenvalue weighted by Crippen LogP contribution is -2.53. The van der Waals surface area contributed by atoms with Crippen LogP contribution in [0.5, 0.6) is 0 Å². The van der Waals surface area contributed by atoms with Crippen LogP contribution in [0.25, 0.3) is 0 Å². The fourth-order valence-corrected chi connectivity index (χ4v) is 3.67. The van der Waals surface area contributed by atoms with Crippen molar-refractivity contribution in [1.82, 2.24) is 24.7 Å². The SMILES string of the molecule is Cc1nc(N2CCN(C)CC2)ncc1C(=O)N1CCN2C(=O)OCC2C1. The summed E-state index contributed by atoms with van der Waals surface area (Å²) in [5.74, 6) is 0.609. The van der Waals surface area contributed by atoms with Crippen LogP contribution in [0.1, 0.15) is 16.1 Å². The Kier molecular flexibility index (Phi) is 4.39. The van der Waals surface area contributed by atoms with Gasteiger partial charge in [-0.1, -0.05) is 0 Å². The van der Waals surface area contributed by atoms with Gasteiger partial charge in [0.2, 0.25) is 5.95 Å². The van der Waals surface area contributed by atoms with Crippen molar-refractivity contribution >= 4 is 17.9 Å². The molecule has 9 heteroatoms. The Balaban J connectivity index is 1.46. The van der Waals surface area contributed by atoms with Gasteiger partial charge in [-0.05, 0) is 14.0 Å². The Morgan fingerprint density at radius 1 is 1.19 bits per heavy atom. The minimum absolute atomic E-state index is 0.0500. The number of amides is 2. The molecule has 4 heterocycles. The van der Waals surface area contributed by atoms with Gasteiger partial charge in [-0.15, -0.1) is 0 Å². The fourth-order valence-electron chi connectivity index (χ4n) is 3.67. The van der Waals surface area contributed by atoms with Crippen molar-refractivity contribution in [3.8, 4) is 0 Å². The predicted octanol–water partition coefficient (Wildman–Crippen LogP) is -0.187. The van der Waals surface area contributed by atoms with E-state index in [4.69, 9.17) is 4.74 Å². The summed E-state index contributed by atoms with van der Waals surface area (Å²) < 4.78 is 5.06. The minimum Gasteiger partial charge on any atom is -0.447 e. The predicted molar refractivity (Wildman–Crippen MR) is 94.2 cm³/mol. The maximum atomic E-state index is 12.9. The Bertz CT molecular complexity index is 718. The van der Waals surface area contributed by atoms with Crippen LogP contribution in [0, 0.1) is 6.92 Å². The molecule has 0 aromatic carbocycles. The molecular weight excluding hydrogens is 336 g/mol. The molecule has 0 aliphatic carbocycles. The van der Waals surface area contributed by atoms with Gasteiger partial charge < -0.3 is 19.4 Å². The number of nitrogens with zero attached hydrogens (tertiary/aromatic N) is 6. The summed E-state index contributed by atoms with van der Waals surface area (Å²) in [5, 5.41) is 0. The van der Waals surface area contributed by atoms with Gasteiger partial charge in [-0.2, -0.15) is 0 Å². The number of aryl methyl sites for hydroxylation is 1. The summed E-state index contributed by atoms with van der Waals surface area (Å²) in [5.41, 5.74) is 1.22. The minimum atomic E-state index is -0.279. The summed E-state index contributed by atoms with van der Waals surface area (Å²) in [6.07, 6.45) is 1.36. The monoisotopic (exact) mass is 360 g/mol. The largest absolute Gasteiger partial charge is 0.447 e. The van der Waals surface area contributed by atoms with E-state index >= 15 is 0 Å². The number of piperazine rings is 2. The average molecular weight is 360 g/mol. The zero-order valence-corrected chi connectivity index (χ0v) is 15.2. The van der Waals surface area contributed by atoms with E-state index in [1.807, 2.05) is 6.92 Å². The van der Waals surface area contributed by atoms with Crippen molar-refractivity contribution < 1.29 is 14.3 Å². The van der Waals surface area contributed by atoms with Gasteiger partial charge in [0.05, 0.1) is 17.3 Å². The molecule has 1 unspecified atom stereocenters. The number of cyclic esters (lactones) is 1. The number of carbonyl (C=O) groups is 2. The second-order valence-electron chi connectivity index (χ2n) is 7.13. The number of ether oxygens (including phenoxy) is 1. The number of likely N-dealkylation sites (N-methyl/N-ethyl adjacent to an activating group) is 1. The Labute approximate surface area is 152 Å². The van der Waals surface area contributed by atoms with Gasteiger partial charge >= 0.3 is 6.09 Å². The van der Waals surface area contributed by atoms with E-state index < -0.39 is 0 Å². The molecule has 1 aromatic heterocycles. The number of fused-ring (bicyclic) bond motifs is 1. The second kappa shape index (κ2) is 6.71. The van der Waals surface area contributed by atoms with Gasteiger partial charge in [0.15, 0.2) is 0 Å². The highest BCUT2D eigenvalue weighted by molar-refractivity contribution is 5.95. The molecular formula is C17H24N6O3. The molecule has 3 aliphatic rings. The lowest BCUT2D eigenvalue weighted by atomic mass is 10.1. The van der Waals surface area contributed by atoms with E-state index in [1.54, 1.807) is 16.0 Å². The van der Waals surface area contributed by atoms with Crippen LogP contribution >= 0.6 is 0 Å². The molecule has 1 atom stereocenters. The summed E-state index contributed by atoms with van der Waals surface area (Å²) >= 11 is 0. The highest BCUT2D eigenvalue weighted by Crippen LogP contribution is 2.21. The van der Waals surface area contributed by atoms with E-state index in [0.29, 0.717) is 43.4 Å². The maximum Gasteiger partial charge on any atom is 0.410 e. The summed E-state index contributed by atoms with van der Waals surface area (Å²) in [6, 6.07) is -0.0500. The van der Waals surface area contributed by atoms with Crippen molar-refractivity contribution in [2.24, 2.45) is 0 Å². The number of carbonyl (C=O) groups excluding carboxylic acids is 2. The number of rotatable bonds is 2. The molecule has 26 heavy (non-hydrogen) atoms. The normalized spacial score (nSPS) is 23.8. The van der Waals surface area contributed by atoms with Gasteiger partial charge in [-0.3, -0.25) is 9.69 Å². The summed E-state index contributed by atoms with van der Waals surface area (Å²) in [6.45, 7) is 7.45. The smallest absolute Gasteiger partial charge is 0.410 e. The van der Waals surface area contributed by atoms with Crippen LogP contribution in [0.4, 0.5) is 10.7 Å². The van der Waals surface area contributed by atoms with Crippen molar-refractivity contribution in [3.05, 3.63) is 17.5 Å². The van der Waals surface area contributed by atoms with Gasteiger partial charge in [0.1, 0.15) is 6.61 Å². The first-order chi connectivity index (χ1) is 12.5. The molecule has 0 saturated carbocycles. The second-order valence-corrected chi connectivity index (χ2v) is 7.13. The highest BCUT2D eigenvalue weighted by atomic mass is 16.6. The van der Waals surface area contributed by atoms with Crippen LogP contribution in [0.15, 0.2) is 6.20 Å². The fraction of sp³-hybridized carbons (Fsp3) is 0.647. The lowest BCUT2D eigenvalue weighted by Gasteiger charge is -2.35. The van der Waals surface area contributed by atoms with E-state index in [-0.39, 0.29) is 18.0 Å². The summed E-state index contributed by atoms with van der Waals surface area (Å²) in [7, 11) is 2.11. The van der Waals surface area contributed by atoms with Crippen molar-refractivity contribution in [2.75, 3.05) is 64.4 Å². The van der Waals surface area contributed by atoms with Crippen LogP contribution < -0.4 is 4.90 Å². The van der Waals surface area contributed by atoms with E-state index in [0.717, 1.165) is 26.2 Å². The molecule has 0 N–H and O–H groups in total. The van der Waals surface area contributed by atoms with Crippen LogP contribution in [-0.4, -0.2) is 102 Å². The third kappa shape index (κ3) is 3.07. The first kappa shape index (κ1) is 17.0. The third-order valence-corrected chi connectivity index (χ3v) is 5.39. The molecule has 3 saturated heterocycles. The van der Waals surface area contributed by atoms with Gasteiger partial charge in [-0.25, -0.2) is 14.8 Å². The molecule has 0 radical (unpaired) electrons. The van der Waals surface area contributed by atoms with Crippen molar-refractivity contribution in [2.45, 2.75) is 13.0 Å². The van der Waals surface area contributed by atoms with Crippen LogP contribution in [-0.2, 0) is 4.74 Å². The number of aromatic nitrogens is 2. The van der Waals surface area contributed by atoms with Crippen molar-refractivity contribution in [1.29, 1.82) is 0 Å². The molecule has 1 aromatic rings. The molecule has 9 nitrogen and oxygen atoms in total. The van der Waals surface area contributed by atoms with E-state index in [2.05, 4.69) is 26.8 Å². The van der Waals surface area contributed by atoms with Gasteiger partial charge in [0.25, 0.3) is 5.91 Å². The molecule has 3 fully saturated rings. The Morgan fingerprint density at radius 2 is 1.96 bits per heavy atom. The quantitative estimate of drug-likeness (QED) is 0.723. The molecule has 0 bridgehead atoms. The topological polar surface area (TPSA) is 82.1 Å².